The molecule has 1 N–H and O–H groups in total. The van der Waals surface area contributed by atoms with Gasteiger partial charge in [-0.05, 0) is 18.4 Å². The second-order valence-electron chi connectivity index (χ2n) is 5.98. The first-order valence-corrected chi connectivity index (χ1v) is 8.27. The molecule has 0 saturated carbocycles. The molecule has 1 aliphatic heterocycles. The van der Waals surface area contributed by atoms with Crippen molar-refractivity contribution in [3.05, 3.63) is 53.9 Å². The molecule has 1 aliphatic rings. The summed E-state index contributed by atoms with van der Waals surface area (Å²) in [6, 6.07) is 10.2. The lowest BCUT2D eigenvalue weighted by molar-refractivity contribution is -0.131. The number of piperidine rings is 1. The summed E-state index contributed by atoms with van der Waals surface area (Å²) < 4.78 is 1.81. The summed E-state index contributed by atoms with van der Waals surface area (Å²) in [5, 5.41) is 17.0. The second-order valence-corrected chi connectivity index (χ2v) is 5.98. The Morgan fingerprint density at radius 2 is 2.00 bits per heavy atom. The van der Waals surface area contributed by atoms with Crippen LogP contribution in [0.5, 0.6) is 0 Å². The van der Waals surface area contributed by atoms with E-state index < -0.39 is 0 Å². The zero-order valence-electron chi connectivity index (χ0n) is 13.6. The number of carbonyl (C=O) groups is 1. The molecule has 0 radical (unpaired) electrons. The Hall–Kier alpha value is -2.47. The van der Waals surface area contributed by atoms with E-state index in [2.05, 4.69) is 10.3 Å². The highest BCUT2D eigenvalue weighted by Gasteiger charge is 2.23. The van der Waals surface area contributed by atoms with Gasteiger partial charge in [-0.15, -0.1) is 5.10 Å². The van der Waals surface area contributed by atoms with Crippen LogP contribution in [0, 0.1) is 0 Å². The van der Waals surface area contributed by atoms with Crippen molar-refractivity contribution in [2.45, 2.75) is 31.9 Å². The van der Waals surface area contributed by atoms with Crippen LogP contribution >= 0.6 is 0 Å². The van der Waals surface area contributed by atoms with Gasteiger partial charge in [0.1, 0.15) is 5.69 Å². The van der Waals surface area contributed by atoms with E-state index in [1.807, 2.05) is 52.1 Å². The largest absolute Gasteiger partial charge is 0.390 e. The predicted octanol–water partition coefficient (Wildman–Crippen LogP) is 2.04. The number of hydrogen-bond acceptors (Lipinski definition) is 4. The zero-order chi connectivity index (χ0) is 16.8. The fourth-order valence-electron chi connectivity index (χ4n) is 2.93. The van der Waals surface area contributed by atoms with E-state index in [1.165, 1.54) is 0 Å². The Labute approximate surface area is 141 Å². The lowest BCUT2D eigenvalue weighted by Gasteiger charge is -2.31. The van der Waals surface area contributed by atoms with Gasteiger partial charge in [-0.3, -0.25) is 4.79 Å². The molecule has 0 unspecified atom stereocenters. The molecule has 0 atom stereocenters. The molecule has 3 rings (SSSR count). The van der Waals surface area contributed by atoms with Gasteiger partial charge in [0.15, 0.2) is 0 Å². The molecule has 1 amide bonds. The van der Waals surface area contributed by atoms with Crippen LogP contribution < -0.4 is 0 Å². The number of benzene rings is 1. The molecule has 1 aromatic heterocycles. The average Bonchev–Trinajstić information content (AvgIpc) is 3.12. The van der Waals surface area contributed by atoms with Crippen molar-refractivity contribution in [2.75, 3.05) is 13.1 Å². The summed E-state index contributed by atoms with van der Waals surface area (Å²) >= 11 is 0. The lowest BCUT2D eigenvalue weighted by Crippen LogP contribution is -2.38. The van der Waals surface area contributed by atoms with Crippen molar-refractivity contribution in [1.29, 1.82) is 0 Å². The molecule has 1 aromatic carbocycles. The van der Waals surface area contributed by atoms with Gasteiger partial charge in [0.25, 0.3) is 0 Å². The van der Waals surface area contributed by atoms with Crippen LogP contribution in [0.2, 0.25) is 0 Å². The Balaban J connectivity index is 1.47. The molecular formula is C18H22N4O2. The fourth-order valence-corrected chi connectivity index (χ4v) is 2.93. The Morgan fingerprint density at radius 3 is 2.67 bits per heavy atom. The summed E-state index contributed by atoms with van der Waals surface area (Å²) in [6.45, 7) is 1.37. The van der Waals surface area contributed by atoms with E-state index in [0.717, 1.165) is 31.5 Å². The first-order chi connectivity index (χ1) is 11.8. The standard InChI is InChI=1S/C18H22N4O2/c23-14-16-13-22(20-19-16)17-9-11-21(12-10-17)18(24)8-4-7-15-5-2-1-3-6-15/h1-7,13,17,23H,8-12,14H2. The number of nitrogens with zero attached hydrogens (tertiary/aromatic N) is 4. The van der Waals surface area contributed by atoms with Crippen molar-refractivity contribution in [3.8, 4) is 0 Å². The molecule has 2 heterocycles. The van der Waals surface area contributed by atoms with Gasteiger partial charge in [-0.25, -0.2) is 4.68 Å². The van der Waals surface area contributed by atoms with Crippen molar-refractivity contribution in [2.24, 2.45) is 0 Å². The third-order valence-corrected chi connectivity index (χ3v) is 4.31. The van der Waals surface area contributed by atoms with E-state index >= 15 is 0 Å². The summed E-state index contributed by atoms with van der Waals surface area (Å²) in [5.41, 5.74) is 1.69. The second kappa shape index (κ2) is 7.88. The summed E-state index contributed by atoms with van der Waals surface area (Å²) in [6.07, 6.45) is 7.85. The first kappa shape index (κ1) is 16.4. The molecule has 1 fully saturated rings. The minimum absolute atomic E-state index is 0.0922. The third kappa shape index (κ3) is 4.08. The Kier molecular flexibility index (Phi) is 5.38. The number of hydrogen-bond donors (Lipinski definition) is 1. The van der Waals surface area contributed by atoms with E-state index in [1.54, 1.807) is 6.20 Å². The summed E-state index contributed by atoms with van der Waals surface area (Å²) in [4.78, 5) is 14.2. The molecule has 1 saturated heterocycles. The highest BCUT2D eigenvalue weighted by atomic mass is 16.3. The normalized spacial score (nSPS) is 16.0. The maximum absolute atomic E-state index is 12.3. The zero-order valence-corrected chi connectivity index (χ0v) is 13.6. The lowest BCUT2D eigenvalue weighted by atomic mass is 10.0. The molecule has 0 spiro atoms. The van der Waals surface area contributed by atoms with Crippen LogP contribution in [0.25, 0.3) is 6.08 Å². The van der Waals surface area contributed by atoms with Crippen LogP contribution in [-0.4, -0.2) is 44.0 Å². The number of aliphatic hydroxyl groups is 1. The molecule has 6 heteroatoms. The van der Waals surface area contributed by atoms with Gasteiger partial charge in [-0.1, -0.05) is 47.7 Å². The van der Waals surface area contributed by atoms with E-state index in [0.29, 0.717) is 12.1 Å². The molecule has 2 aromatic rings. The highest BCUT2D eigenvalue weighted by Crippen LogP contribution is 2.22. The fraction of sp³-hybridized carbons (Fsp3) is 0.389. The van der Waals surface area contributed by atoms with E-state index in [9.17, 15) is 4.79 Å². The number of likely N-dealkylation sites (tertiary alicyclic amines) is 1. The van der Waals surface area contributed by atoms with E-state index in [4.69, 9.17) is 5.11 Å². The van der Waals surface area contributed by atoms with Gasteiger partial charge in [0, 0.05) is 19.5 Å². The molecule has 126 valence electrons. The van der Waals surface area contributed by atoms with E-state index in [-0.39, 0.29) is 18.6 Å². The van der Waals surface area contributed by atoms with Crippen LogP contribution in [0.4, 0.5) is 0 Å². The molecule has 24 heavy (non-hydrogen) atoms. The minimum Gasteiger partial charge on any atom is -0.390 e. The number of carbonyl (C=O) groups excluding carboxylic acids is 1. The van der Waals surface area contributed by atoms with Gasteiger partial charge >= 0.3 is 0 Å². The monoisotopic (exact) mass is 326 g/mol. The van der Waals surface area contributed by atoms with Crippen molar-refractivity contribution >= 4 is 12.0 Å². The average molecular weight is 326 g/mol. The van der Waals surface area contributed by atoms with Crippen molar-refractivity contribution in [1.82, 2.24) is 19.9 Å². The van der Waals surface area contributed by atoms with Gasteiger partial charge in [0.05, 0.1) is 18.8 Å². The summed E-state index contributed by atoms with van der Waals surface area (Å²) in [7, 11) is 0. The van der Waals surface area contributed by atoms with Crippen LogP contribution in [0.1, 0.15) is 36.6 Å². The smallest absolute Gasteiger partial charge is 0.226 e. The number of amides is 1. The summed E-state index contributed by atoms with van der Waals surface area (Å²) in [5.74, 6) is 0.162. The van der Waals surface area contributed by atoms with Crippen molar-refractivity contribution < 1.29 is 9.90 Å². The highest BCUT2D eigenvalue weighted by molar-refractivity contribution is 5.78. The quantitative estimate of drug-likeness (QED) is 0.913. The SMILES string of the molecule is O=C(CC=Cc1ccccc1)N1CCC(n2cc(CO)nn2)CC1. The molecule has 0 aliphatic carbocycles. The Bertz CT molecular complexity index is 688. The van der Waals surface area contributed by atoms with Crippen LogP contribution in [-0.2, 0) is 11.4 Å². The molecule has 0 bridgehead atoms. The first-order valence-electron chi connectivity index (χ1n) is 8.27. The molecule has 6 nitrogen and oxygen atoms in total. The molecular weight excluding hydrogens is 304 g/mol. The maximum Gasteiger partial charge on any atom is 0.226 e. The number of aromatic nitrogens is 3. The topological polar surface area (TPSA) is 71.2 Å². The maximum atomic E-state index is 12.3. The van der Waals surface area contributed by atoms with Crippen LogP contribution in [0.15, 0.2) is 42.6 Å². The van der Waals surface area contributed by atoms with Gasteiger partial charge in [-0.2, -0.15) is 0 Å². The predicted molar refractivity (Wildman–Crippen MR) is 90.9 cm³/mol. The minimum atomic E-state index is -0.0922. The van der Waals surface area contributed by atoms with Gasteiger partial charge < -0.3 is 10.0 Å². The van der Waals surface area contributed by atoms with Crippen LogP contribution in [0.3, 0.4) is 0 Å². The number of rotatable bonds is 5. The number of aliphatic hydroxyl groups excluding tert-OH is 1. The van der Waals surface area contributed by atoms with Crippen molar-refractivity contribution in [3.63, 3.8) is 0 Å². The van der Waals surface area contributed by atoms with Gasteiger partial charge in [0.2, 0.25) is 5.91 Å². The Morgan fingerprint density at radius 1 is 1.25 bits per heavy atom. The third-order valence-electron chi connectivity index (χ3n) is 4.31.